The number of carbonyl (C=O) groups excluding carboxylic acids is 2. The van der Waals surface area contributed by atoms with Gasteiger partial charge in [-0.05, 0) is 69.8 Å². The maximum Gasteiger partial charge on any atom is 0.333 e. The smallest absolute Gasteiger partial charge is 0.333 e. The minimum absolute atomic E-state index is 0.256. The Morgan fingerprint density at radius 2 is 1.84 bits per heavy atom. The van der Waals surface area contributed by atoms with E-state index in [0.717, 1.165) is 28.7 Å². The van der Waals surface area contributed by atoms with Crippen LogP contribution in [0.1, 0.15) is 68.3 Å². The van der Waals surface area contributed by atoms with Crippen LogP contribution in [0.5, 0.6) is 0 Å². The Hall–Kier alpha value is -2.14. The quantitative estimate of drug-likeness (QED) is 0.188. The van der Waals surface area contributed by atoms with Crippen molar-refractivity contribution in [1.29, 1.82) is 0 Å². The average molecular weight is 694 g/mol. The summed E-state index contributed by atoms with van der Waals surface area (Å²) in [6.45, 7) is 6.79. The predicted octanol–water partition coefficient (Wildman–Crippen LogP) is 8.89. The predicted molar refractivity (Wildman–Crippen MR) is 183 cm³/mol. The summed E-state index contributed by atoms with van der Waals surface area (Å²) in [4.78, 5) is 36.6. The first-order valence-electron chi connectivity index (χ1n) is 15.1. The minimum atomic E-state index is -0.452. The maximum absolute atomic E-state index is 13.4. The van der Waals surface area contributed by atoms with E-state index in [9.17, 15) is 9.59 Å². The molecule has 1 saturated carbocycles. The van der Waals surface area contributed by atoms with Crippen LogP contribution < -0.4 is 10.2 Å². The van der Waals surface area contributed by atoms with Crippen LogP contribution in [0.2, 0.25) is 15.1 Å². The molecule has 2 aliphatic heterocycles. The topological polar surface area (TPSA) is 74.8 Å². The molecule has 12 heteroatoms. The molecule has 1 aromatic carbocycles. The molecule has 6 rings (SSSR count). The van der Waals surface area contributed by atoms with Gasteiger partial charge in [-0.2, -0.15) is 0 Å². The molecule has 2 aromatic heterocycles. The summed E-state index contributed by atoms with van der Waals surface area (Å²) >= 11 is 22.4. The number of rotatable bonds is 8. The lowest BCUT2D eigenvalue weighted by Gasteiger charge is -2.35. The highest BCUT2D eigenvalue weighted by Gasteiger charge is 2.45. The average Bonchev–Trinajstić information content (AvgIpc) is 3.79. The van der Waals surface area contributed by atoms with Crippen LogP contribution in [-0.2, 0) is 9.53 Å². The van der Waals surface area contributed by atoms with Gasteiger partial charge >= 0.3 is 5.97 Å². The van der Waals surface area contributed by atoms with Crippen molar-refractivity contribution in [1.82, 2.24) is 9.88 Å². The molecule has 0 radical (unpaired) electrons. The first-order chi connectivity index (χ1) is 21.2. The van der Waals surface area contributed by atoms with E-state index >= 15 is 0 Å². The fourth-order valence-electron chi connectivity index (χ4n) is 6.75. The van der Waals surface area contributed by atoms with E-state index in [2.05, 4.69) is 15.1 Å². The van der Waals surface area contributed by atoms with Crippen molar-refractivity contribution < 1.29 is 14.3 Å². The number of thiazole rings is 1. The Labute approximate surface area is 281 Å². The van der Waals surface area contributed by atoms with Crippen LogP contribution in [0.4, 0.5) is 10.1 Å². The number of nitrogens with one attached hydrogen (secondary N) is 1. The number of ether oxygens (including phenoxy) is 1. The number of esters is 1. The largest absolute Gasteiger partial charge is 0.463 e. The number of amides is 1. The van der Waals surface area contributed by atoms with Gasteiger partial charge in [-0.25, -0.2) is 9.78 Å². The lowest BCUT2D eigenvalue weighted by Crippen LogP contribution is -2.43. The molecule has 3 aliphatic rings. The van der Waals surface area contributed by atoms with E-state index in [0.29, 0.717) is 44.9 Å². The van der Waals surface area contributed by atoms with Crippen LogP contribution in [0, 0.1) is 5.92 Å². The van der Waals surface area contributed by atoms with E-state index in [-0.39, 0.29) is 22.6 Å². The summed E-state index contributed by atoms with van der Waals surface area (Å²) in [5.74, 6) is -0.183. The third kappa shape index (κ3) is 6.69. The summed E-state index contributed by atoms with van der Waals surface area (Å²) in [6, 6.07) is 6.29. The Balaban J connectivity index is 1.23. The molecule has 0 bridgehead atoms. The van der Waals surface area contributed by atoms with Gasteiger partial charge in [0.25, 0.3) is 5.91 Å². The first kappa shape index (κ1) is 31.8. The fraction of sp³-hybridized carbons (Fsp3) is 0.469. The van der Waals surface area contributed by atoms with Crippen molar-refractivity contribution in [3.63, 3.8) is 0 Å². The van der Waals surface area contributed by atoms with Crippen molar-refractivity contribution in [3.8, 4) is 10.6 Å². The number of carbonyl (C=O) groups is 2. The number of likely N-dealkylation sites (tertiary alicyclic amines) is 1. The van der Waals surface area contributed by atoms with Crippen LogP contribution in [0.3, 0.4) is 0 Å². The number of nitrogens with zero attached hydrogens (tertiary/aromatic N) is 3. The van der Waals surface area contributed by atoms with E-state index in [1.165, 1.54) is 56.4 Å². The maximum atomic E-state index is 13.4. The van der Waals surface area contributed by atoms with Gasteiger partial charge in [-0.1, -0.05) is 65.4 Å². The van der Waals surface area contributed by atoms with Crippen LogP contribution >= 0.6 is 57.5 Å². The van der Waals surface area contributed by atoms with Crippen molar-refractivity contribution in [2.24, 2.45) is 5.92 Å². The molecule has 1 aliphatic carbocycles. The molecule has 1 amide bonds. The standard InChI is InChI=1S/C32H35Cl3N4O3S2/c1-3-42-31(41)18(2)11-23-24(34)12-20(13-25(23)35)29(40)37-32-36-28(27-14-21(33)17-43-27)30(44-32)38-15-19-9-10-39(26(19)16-38)22-7-5-4-6-8-22/h11-14,17,19,22,26H,3-10,15-16H2,1-2H3,(H,36,37,40)/b18-11+. The summed E-state index contributed by atoms with van der Waals surface area (Å²) in [5.41, 5.74) is 1.95. The van der Waals surface area contributed by atoms with Gasteiger partial charge in [0.2, 0.25) is 0 Å². The molecular formula is C32H35Cl3N4O3S2. The molecule has 4 heterocycles. The highest BCUT2D eigenvalue weighted by atomic mass is 35.5. The monoisotopic (exact) mass is 692 g/mol. The normalized spacial score (nSPS) is 21.1. The van der Waals surface area contributed by atoms with E-state index < -0.39 is 5.97 Å². The number of hydrogen-bond donors (Lipinski definition) is 1. The zero-order valence-corrected chi connectivity index (χ0v) is 28.6. The Kier molecular flexibility index (Phi) is 9.90. The second-order valence-electron chi connectivity index (χ2n) is 11.7. The zero-order chi connectivity index (χ0) is 31.0. The number of anilines is 2. The highest BCUT2D eigenvalue weighted by Crippen LogP contribution is 2.46. The fourth-order valence-corrected chi connectivity index (χ4v) is 9.47. The summed E-state index contributed by atoms with van der Waals surface area (Å²) in [7, 11) is 0. The van der Waals surface area contributed by atoms with Crippen LogP contribution in [0.15, 0.2) is 29.2 Å². The number of fused-ring (bicyclic) bond motifs is 1. The Morgan fingerprint density at radius 1 is 1.09 bits per heavy atom. The third-order valence-corrected chi connectivity index (χ3v) is 11.8. The molecular weight excluding hydrogens is 659 g/mol. The SMILES string of the molecule is CCOC(=O)/C(C)=C/c1c(Cl)cc(C(=O)Nc2nc(-c3cc(Cl)cs3)c(N3CC4CCN(C5CCCCC5)C4C3)s2)cc1Cl. The first-order valence-corrected chi connectivity index (χ1v) is 18.0. The van der Waals surface area contributed by atoms with Crippen molar-refractivity contribution >= 4 is 85.6 Å². The number of thiophene rings is 1. The highest BCUT2D eigenvalue weighted by molar-refractivity contribution is 7.21. The van der Waals surface area contributed by atoms with Gasteiger partial charge in [0.15, 0.2) is 5.13 Å². The summed E-state index contributed by atoms with van der Waals surface area (Å²) in [5, 5.41) is 7.63. The van der Waals surface area contributed by atoms with Gasteiger partial charge in [0.05, 0.1) is 26.6 Å². The van der Waals surface area contributed by atoms with Crippen LogP contribution in [-0.4, -0.2) is 60.1 Å². The van der Waals surface area contributed by atoms with E-state index in [1.807, 2.05) is 11.4 Å². The summed E-state index contributed by atoms with van der Waals surface area (Å²) < 4.78 is 5.04. The van der Waals surface area contributed by atoms with Crippen molar-refractivity contribution in [2.45, 2.75) is 64.5 Å². The Bertz CT molecular complexity index is 1560. The number of aromatic nitrogens is 1. The zero-order valence-electron chi connectivity index (χ0n) is 24.7. The third-order valence-electron chi connectivity index (χ3n) is 8.85. The van der Waals surface area contributed by atoms with Gasteiger partial charge in [0, 0.05) is 47.3 Å². The molecule has 44 heavy (non-hydrogen) atoms. The second-order valence-corrected chi connectivity index (χ2v) is 14.8. The van der Waals surface area contributed by atoms with E-state index in [4.69, 9.17) is 44.5 Å². The number of benzene rings is 1. The molecule has 2 saturated heterocycles. The lowest BCUT2D eigenvalue weighted by atomic mass is 9.93. The van der Waals surface area contributed by atoms with Crippen molar-refractivity contribution in [3.05, 3.63) is 55.3 Å². The Morgan fingerprint density at radius 3 is 2.52 bits per heavy atom. The second kappa shape index (κ2) is 13.7. The molecule has 234 valence electrons. The molecule has 3 aromatic rings. The molecule has 3 fully saturated rings. The van der Waals surface area contributed by atoms with Gasteiger partial charge < -0.3 is 9.64 Å². The van der Waals surface area contributed by atoms with Gasteiger partial charge in [-0.3, -0.25) is 15.0 Å². The molecule has 0 spiro atoms. The van der Waals surface area contributed by atoms with Gasteiger partial charge in [0.1, 0.15) is 10.7 Å². The van der Waals surface area contributed by atoms with Crippen LogP contribution in [0.25, 0.3) is 16.6 Å². The molecule has 2 unspecified atom stereocenters. The number of hydrogen-bond acceptors (Lipinski definition) is 8. The minimum Gasteiger partial charge on any atom is -0.463 e. The molecule has 2 atom stereocenters. The lowest BCUT2D eigenvalue weighted by molar-refractivity contribution is -0.138. The van der Waals surface area contributed by atoms with E-state index in [1.54, 1.807) is 43.4 Å². The summed E-state index contributed by atoms with van der Waals surface area (Å²) in [6.07, 6.45) is 9.47. The molecule has 1 N–H and O–H groups in total. The number of halogens is 3. The molecule has 7 nitrogen and oxygen atoms in total. The van der Waals surface area contributed by atoms with Gasteiger partial charge in [-0.15, -0.1) is 11.3 Å². The van der Waals surface area contributed by atoms with Crippen molar-refractivity contribution in [2.75, 3.05) is 36.5 Å².